The molecule has 10 nitrogen and oxygen atoms in total. The van der Waals surface area contributed by atoms with Crippen molar-refractivity contribution in [1.29, 1.82) is 0 Å². The lowest BCUT2D eigenvalue weighted by atomic mass is 9.90. The number of carbonyl (C=O) groups excluding carboxylic acids is 2. The van der Waals surface area contributed by atoms with E-state index in [1.165, 1.54) is 0 Å². The summed E-state index contributed by atoms with van der Waals surface area (Å²) in [4.78, 5) is 34.6. The van der Waals surface area contributed by atoms with Crippen molar-refractivity contribution in [3.05, 3.63) is 0 Å². The standard InChI is InChI=1S/C22H46N3O7P/c1-7-19(21(26)24-12-10-9-11-18(3)23)17-20(8-2)22(27)30-15-16-32-33(28,29)31-14-13-25(4,5)6/h18-20H,7-17,23H2,1-6H3,(H-,24,26,28,29)/p+1. The minimum absolute atomic E-state index is 0.0554. The van der Waals surface area contributed by atoms with Gasteiger partial charge in [-0.25, -0.2) is 4.57 Å². The summed E-state index contributed by atoms with van der Waals surface area (Å²) in [7, 11) is 1.62. The molecule has 11 heteroatoms. The molecule has 4 N–H and O–H groups in total. The highest BCUT2D eigenvalue weighted by atomic mass is 31.2. The van der Waals surface area contributed by atoms with Gasteiger partial charge in [0.1, 0.15) is 19.8 Å². The van der Waals surface area contributed by atoms with Crippen LogP contribution in [0.15, 0.2) is 0 Å². The Morgan fingerprint density at radius 2 is 1.64 bits per heavy atom. The van der Waals surface area contributed by atoms with Gasteiger partial charge in [0.25, 0.3) is 0 Å². The first-order chi connectivity index (χ1) is 15.3. The lowest BCUT2D eigenvalue weighted by Crippen LogP contribution is -2.37. The number of phosphoric acid groups is 1. The van der Waals surface area contributed by atoms with E-state index < -0.39 is 19.7 Å². The van der Waals surface area contributed by atoms with Gasteiger partial charge in [-0.2, -0.15) is 0 Å². The van der Waals surface area contributed by atoms with Crippen molar-refractivity contribution < 1.29 is 37.3 Å². The maximum Gasteiger partial charge on any atom is 0.472 e. The number of nitrogens with zero attached hydrogens (tertiary/aromatic N) is 1. The van der Waals surface area contributed by atoms with Crippen molar-refractivity contribution in [3.63, 3.8) is 0 Å². The Hall–Kier alpha value is -1.03. The van der Waals surface area contributed by atoms with E-state index in [9.17, 15) is 19.0 Å². The lowest BCUT2D eigenvalue weighted by molar-refractivity contribution is -0.870. The van der Waals surface area contributed by atoms with Crippen LogP contribution in [-0.2, 0) is 27.9 Å². The fraction of sp³-hybridized carbons (Fsp3) is 0.909. The Morgan fingerprint density at radius 1 is 1.03 bits per heavy atom. The van der Waals surface area contributed by atoms with Gasteiger partial charge in [-0.05, 0) is 39.0 Å². The van der Waals surface area contributed by atoms with Gasteiger partial charge in [0, 0.05) is 18.5 Å². The smallest absolute Gasteiger partial charge is 0.463 e. The number of ether oxygens (including phenoxy) is 1. The minimum Gasteiger partial charge on any atom is -0.463 e. The molecular formula is C22H47N3O7P+. The third-order valence-electron chi connectivity index (χ3n) is 5.24. The number of quaternary nitrogens is 1. The maximum atomic E-state index is 12.5. The molecule has 0 radical (unpaired) electrons. The van der Waals surface area contributed by atoms with Crippen LogP contribution >= 0.6 is 7.82 Å². The van der Waals surface area contributed by atoms with Gasteiger partial charge in [-0.3, -0.25) is 18.6 Å². The number of nitrogens with one attached hydrogen (secondary N) is 1. The van der Waals surface area contributed by atoms with Gasteiger partial charge in [-0.1, -0.05) is 20.3 Å². The molecule has 0 rings (SSSR count). The molecule has 0 heterocycles. The number of nitrogens with two attached hydrogens (primary N) is 1. The summed E-state index contributed by atoms with van der Waals surface area (Å²) in [5.74, 6) is -1.21. The first-order valence-electron chi connectivity index (χ1n) is 11.9. The zero-order valence-corrected chi connectivity index (χ0v) is 22.3. The Balaban J connectivity index is 4.34. The van der Waals surface area contributed by atoms with Crippen LogP contribution in [0.2, 0.25) is 0 Å². The summed E-state index contributed by atoms with van der Waals surface area (Å²) < 4.78 is 27.4. The number of rotatable bonds is 19. The van der Waals surface area contributed by atoms with E-state index in [4.69, 9.17) is 19.5 Å². The van der Waals surface area contributed by atoms with Gasteiger partial charge in [-0.15, -0.1) is 0 Å². The Morgan fingerprint density at radius 3 is 2.18 bits per heavy atom. The number of carbonyl (C=O) groups is 2. The highest BCUT2D eigenvalue weighted by molar-refractivity contribution is 7.47. The van der Waals surface area contributed by atoms with Crippen molar-refractivity contribution in [2.45, 2.75) is 65.3 Å². The quantitative estimate of drug-likeness (QED) is 0.107. The fourth-order valence-corrected chi connectivity index (χ4v) is 3.75. The molecule has 1 amide bonds. The van der Waals surface area contributed by atoms with Crippen LogP contribution in [0.25, 0.3) is 0 Å². The van der Waals surface area contributed by atoms with E-state index in [2.05, 4.69) is 5.32 Å². The van der Waals surface area contributed by atoms with Crippen molar-refractivity contribution in [3.8, 4) is 0 Å². The molecule has 4 unspecified atom stereocenters. The molecule has 0 aromatic rings. The lowest BCUT2D eigenvalue weighted by Gasteiger charge is -2.24. The number of amides is 1. The number of hydrogen-bond acceptors (Lipinski definition) is 7. The molecule has 0 aliphatic rings. The molecule has 33 heavy (non-hydrogen) atoms. The molecule has 0 spiro atoms. The van der Waals surface area contributed by atoms with Gasteiger partial charge >= 0.3 is 13.8 Å². The normalized spacial score (nSPS) is 16.5. The summed E-state index contributed by atoms with van der Waals surface area (Å²) in [6.45, 7) is 6.54. The first-order valence-corrected chi connectivity index (χ1v) is 13.4. The Bertz CT molecular complexity index is 611. The van der Waals surface area contributed by atoms with Gasteiger partial charge in [0.2, 0.25) is 5.91 Å². The predicted octanol–water partition coefficient (Wildman–Crippen LogP) is 2.45. The van der Waals surface area contributed by atoms with Crippen molar-refractivity contribution in [1.82, 2.24) is 5.32 Å². The third kappa shape index (κ3) is 17.1. The van der Waals surface area contributed by atoms with Crippen LogP contribution in [0, 0.1) is 11.8 Å². The van der Waals surface area contributed by atoms with Crippen molar-refractivity contribution in [2.75, 3.05) is 54.1 Å². The average molecular weight is 497 g/mol. The molecule has 0 aliphatic carbocycles. The van der Waals surface area contributed by atoms with Gasteiger partial charge < -0.3 is 25.2 Å². The first kappa shape index (κ1) is 32.0. The van der Waals surface area contributed by atoms with E-state index in [1.807, 2.05) is 41.9 Å². The summed E-state index contributed by atoms with van der Waals surface area (Å²) in [5, 5.41) is 2.94. The van der Waals surface area contributed by atoms with Gasteiger partial charge in [0.15, 0.2) is 0 Å². The fourth-order valence-electron chi connectivity index (χ4n) is 3.06. The molecule has 0 aliphatic heterocycles. The largest absolute Gasteiger partial charge is 0.472 e. The van der Waals surface area contributed by atoms with E-state index in [0.29, 0.717) is 36.8 Å². The average Bonchev–Trinajstić information content (AvgIpc) is 2.70. The molecule has 196 valence electrons. The third-order valence-corrected chi connectivity index (χ3v) is 6.26. The number of esters is 1. The summed E-state index contributed by atoms with van der Waals surface area (Å²) in [5.41, 5.74) is 5.73. The van der Waals surface area contributed by atoms with Crippen molar-refractivity contribution >= 4 is 19.7 Å². The molecule has 4 atom stereocenters. The molecular weight excluding hydrogens is 449 g/mol. The number of likely N-dealkylation sites (N-methyl/N-ethyl adjacent to an activating group) is 1. The second kappa shape index (κ2) is 16.6. The van der Waals surface area contributed by atoms with E-state index in [-0.39, 0.29) is 37.7 Å². The summed E-state index contributed by atoms with van der Waals surface area (Å²) >= 11 is 0. The Kier molecular flexibility index (Phi) is 16.1. The van der Waals surface area contributed by atoms with Crippen LogP contribution < -0.4 is 11.1 Å². The van der Waals surface area contributed by atoms with Crippen LogP contribution in [-0.4, -0.2) is 81.3 Å². The summed E-state index contributed by atoms with van der Waals surface area (Å²) in [6.07, 6.45) is 4.31. The monoisotopic (exact) mass is 496 g/mol. The zero-order chi connectivity index (χ0) is 25.5. The van der Waals surface area contributed by atoms with Crippen LogP contribution in [0.5, 0.6) is 0 Å². The van der Waals surface area contributed by atoms with E-state index in [1.54, 1.807) is 0 Å². The molecule has 0 saturated carbocycles. The molecule has 0 aromatic carbocycles. The van der Waals surface area contributed by atoms with Crippen LogP contribution in [0.4, 0.5) is 0 Å². The molecule has 0 bridgehead atoms. The highest BCUT2D eigenvalue weighted by Crippen LogP contribution is 2.42. The minimum atomic E-state index is -4.19. The van der Waals surface area contributed by atoms with Crippen LogP contribution in [0.1, 0.15) is 59.3 Å². The van der Waals surface area contributed by atoms with E-state index in [0.717, 1.165) is 19.3 Å². The van der Waals surface area contributed by atoms with Crippen molar-refractivity contribution in [2.24, 2.45) is 17.6 Å². The van der Waals surface area contributed by atoms with Gasteiger partial charge in [0.05, 0.1) is 33.7 Å². The topological polar surface area (TPSA) is 137 Å². The number of phosphoric ester groups is 1. The number of hydrogen-bond donors (Lipinski definition) is 3. The SMILES string of the molecule is CCC(CC(CC)C(=O)OCCOP(=O)(O)OCC[N+](C)(C)C)C(=O)NCCCCC(C)N. The highest BCUT2D eigenvalue weighted by Gasteiger charge is 2.27. The second-order valence-corrected chi connectivity index (χ2v) is 11.0. The predicted molar refractivity (Wildman–Crippen MR) is 128 cm³/mol. The summed E-state index contributed by atoms with van der Waals surface area (Å²) in [6, 6.07) is 0.162. The molecule has 0 fully saturated rings. The second-order valence-electron chi connectivity index (χ2n) is 9.53. The molecule has 0 saturated heterocycles. The maximum absolute atomic E-state index is 12.5. The Labute approximate surface area is 199 Å². The van der Waals surface area contributed by atoms with Crippen LogP contribution in [0.3, 0.4) is 0 Å². The zero-order valence-electron chi connectivity index (χ0n) is 21.4. The van der Waals surface area contributed by atoms with E-state index >= 15 is 0 Å². The molecule has 0 aromatic heterocycles. The number of unbranched alkanes of at least 4 members (excludes halogenated alkanes) is 1.